The number of carboxylic acids is 1. The van der Waals surface area contributed by atoms with E-state index in [0.717, 1.165) is 0 Å². The molecule has 0 fully saturated rings. The van der Waals surface area contributed by atoms with Gasteiger partial charge in [0, 0.05) is 0 Å². The fourth-order valence-electron chi connectivity index (χ4n) is 1.99. The number of ether oxygens (including phenoxy) is 1. The Kier molecular flexibility index (Phi) is 9.04. The number of hydrogen-bond acceptors (Lipinski definition) is 2. The van der Waals surface area contributed by atoms with Gasteiger partial charge in [-0.2, -0.15) is 92.2 Å². The molecule has 0 aromatic rings. The van der Waals surface area contributed by atoms with E-state index in [2.05, 4.69) is 4.74 Å². The maximum absolute atomic E-state index is 13.6. The number of aliphatic carboxylic acids is 1. The van der Waals surface area contributed by atoms with Crippen LogP contribution in [-0.4, -0.2) is 77.3 Å². The van der Waals surface area contributed by atoms with Crippen molar-refractivity contribution in [1.82, 2.24) is 0 Å². The lowest BCUT2D eigenvalue weighted by Gasteiger charge is -2.44. The van der Waals surface area contributed by atoms with Gasteiger partial charge in [0.25, 0.3) is 0 Å². The van der Waals surface area contributed by atoms with E-state index in [9.17, 15) is 101 Å². The van der Waals surface area contributed by atoms with E-state index in [0.29, 0.717) is 0 Å². The lowest BCUT2D eigenvalue weighted by Crippen LogP contribution is -2.76. The number of carbonyl (C=O) groups is 1. The predicted molar refractivity (Wildman–Crippen MR) is 73.4 cm³/mol. The molecule has 0 unspecified atom stereocenters. The van der Waals surface area contributed by atoms with Crippen molar-refractivity contribution >= 4 is 5.97 Å². The van der Waals surface area contributed by atoms with Gasteiger partial charge < -0.3 is 9.84 Å². The molecule has 0 radical (unpaired) electrons. The molecule has 0 heterocycles. The summed E-state index contributed by atoms with van der Waals surface area (Å²) in [6, 6.07) is 0. The number of hydrogen-bond donors (Lipinski definition) is 1. The van der Waals surface area contributed by atoms with Gasteiger partial charge in [0.05, 0.1) is 6.08 Å². The van der Waals surface area contributed by atoms with Crippen molar-refractivity contribution in [1.29, 1.82) is 0 Å². The van der Waals surface area contributed by atoms with E-state index in [4.69, 9.17) is 5.11 Å². The maximum Gasteiger partial charge on any atom is 0.426 e. The van der Waals surface area contributed by atoms with Crippen LogP contribution in [0.2, 0.25) is 0 Å². The monoisotopic (exact) mass is 638 g/mol. The van der Waals surface area contributed by atoms with Gasteiger partial charge in [0.1, 0.15) is 0 Å². The Morgan fingerprint density at radius 1 is 0.538 bits per heavy atom. The Morgan fingerprint density at radius 2 is 0.821 bits per heavy atom. The SMILES string of the molecule is O=C(O)COC(F)(F)C(F)(F)C(F)(F)C(F)(F)C(F)(F)C(F)(F)C(F)(F)C(F)(F)C(F)(F)/C(F)=C/C(F)(F)F. The molecule has 0 aliphatic heterocycles. The predicted octanol–water partition coefficient (Wildman–Crippen LogP) is 7.18. The molecule has 25 heteroatoms. The van der Waals surface area contributed by atoms with E-state index < -0.39 is 84.1 Å². The molecule has 0 atom stereocenters. The van der Waals surface area contributed by atoms with Crippen molar-refractivity contribution in [3.63, 3.8) is 0 Å². The molecule has 0 aliphatic rings. The second kappa shape index (κ2) is 9.62. The van der Waals surface area contributed by atoms with Crippen LogP contribution in [0.4, 0.5) is 96.6 Å². The molecule has 0 amide bonds. The van der Waals surface area contributed by atoms with Crippen LogP contribution in [0, 0.1) is 0 Å². The molecule has 0 saturated carbocycles. The summed E-state index contributed by atoms with van der Waals surface area (Å²) in [5.74, 6) is -78.3. The zero-order valence-corrected chi connectivity index (χ0v) is 16.9. The van der Waals surface area contributed by atoms with Gasteiger partial charge in [-0.25, -0.2) is 9.18 Å². The van der Waals surface area contributed by atoms with Gasteiger partial charge in [-0.1, -0.05) is 0 Å². The lowest BCUT2D eigenvalue weighted by molar-refractivity contribution is -0.476. The second-order valence-electron chi connectivity index (χ2n) is 6.83. The Hall–Kier alpha value is -2.37. The highest BCUT2D eigenvalue weighted by Gasteiger charge is 2.97. The first kappa shape index (κ1) is 36.6. The molecule has 0 aliphatic carbocycles. The topological polar surface area (TPSA) is 46.5 Å². The molecule has 0 rings (SSSR count). The van der Waals surface area contributed by atoms with Gasteiger partial charge in [-0.3, -0.25) is 0 Å². The molecular weight excluding hydrogens is 634 g/mol. The largest absolute Gasteiger partial charge is 0.480 e. The van der Waals surface area contributed by atoms with E-state index in [1.807, 2.05) is 0 Å². The number of rotatable bonds is 12. The average Bonchev–Trinajstić information content (AvgIpc) is 2.69. The average molecular weight is 638 g/mol. The summed E-state index contributed by atoms with van der Waals surface area (Å²) in [7, 11) is 0. The smallest absolute Gasteiger partial charge is 0.426 e. The second-order valence-corrected chi connectivity index (χ2v) is 6.83. The summed E-state index contributed by atoms with van der Waals surface area (Å²) in [5.41, 5.74) is 0. The quantitative estimate of drug-likeness (QED) is 0.231. The van der Waals surface area contributed by atoms with E-state index in [1.165, 1.54) is 0 Å². The third kappa shape index (κ3) is 5.37. The van der Waals surface area contributed by atoms with Crippen LogP contribution in [0.1, 0.15) is 0 Å². The summed E-state index contributed by atoms with van der Waals surface area (Å²) in [6.45, 7) is -2.85. The molecule has 1 N–H and O–H groups in total. The fraction of sp³-hybridized carbons (Fsp3) is 0.786. The minimum atomic E-state index is -9.26. The van der Waals surface area contributed by atoms with Crippen LogP contribution >= 0.6 is 0 Å². The van der Waals surface area contributed by atoms with E-state index >= 15 is 0 Å². The number of halogens is 22. The minimum Gasteiger partial charge on any atom is -0.480 e. The lowest BCUT2D eigenvalue weighted by atomic mass is 9.87. The van der Waals surface area contributed by atoms with E-state index in [1.54, 1.807) is 0 Å². The van der Waals surface area contributed by atoms with Crippen molar-refractivity contribution in [2.24, 2.45) is 0 Å². The Bertz CT molecular complexity index is 944. The number of allylic oxidation sites excluding steroid dienone is 2. The molecule has 0 aromatic carbocycles. The molecule has 232 valence electrons. The number of carboxylic acid groups (broad SMARTS) is 1. The zero-order valence-electron chi connectivity index (χ0n) is 16.9. The van der Waals surface area contributed by atoms with Crippen LogP contribution in [0.3, 0.4) is 0 Å². The summed E-state index contributed by atoms with van der Waals surface area (Å²) in [4.78, 5) is 9.95. The van der Waals surface area contributed by atoms with Crippen LogP contribution in [-0.2, 0) is 9.53 Å². The van der Waals surface area contributed by atoms with Crippen molar-refractivity contribution in [2.75, 3.05) is 6.61 Å². The third-order valence-electron chi connectivity index (χ3n) is 4.09. The Labute approximate surface area is 197 Å². The molecular formula is C14H4F22O3. The Balaban J connectivity index is 7.05. The highest BCUT2D eigenvalue weighted by Crippen LogP contribution is 2.65. The highest BCUT2D eigenvalue weighted by atomic mass is 19.4. The molecule has 3 nitrogen and oxygen atoms in total. The van der Waals surface area contributed by atoms with Crippen LogP contribution in [0.5, 0.6) is 0 Å². The summed E-state index contributed by atoms with van der Waals surface area (Å²) < 4.78 is 292. The Morgan fingerprint density at radius 3 is 1.10 bits per heavy atom. The number of alkyl halides is 21. The van der Waals surface area contributed by atoms with Gasteiger partial charge in [-0.05, 0) is 0 Å². The molecule has 0 spiro atoms. The fourth-order valence-corrected chi connectivity index (χ4v) is 1.99. The normalized spacial score (nSPS) is 16.5. The summed E-state index contributed by atoms with van der Waals surface area (Å²) in [6.07, 6.45) is -16.6. The van der Waals surface area contributed by atoms with Crippen molar-refractivity contribution < 1.29 is 111 Å². The highest BCUT2D eigenvalue weighted by molar-refractivity contribution is 5.68. The van der Waals surface area contributed by atoms with Crippen molar-refractivity contribution in [3.05, 3.63) is 11.9 Å². The van der Waals surface area contributed by atoms with Crippen molar-refractivity contribution in [2.45, 2.75) is 59.7 Å². The zero-order chi connectivity index (χ0) is 32.3. The van der Waals surface area contributed by atoms with Crippen LogP contribution in [0.15, 0.2) is 11.9 Å². The first-order valence-corrected chi connectivity index (χ1v) is 8.26. The first-order chi connectivity index (χ1) is 16.5. The summed E-state index contributed by atoms with van der Waals surface area (Å²) in [5, 5.41) is 7.91. The van der Waals surface area contributed by atoms with Crippen LogP contribution in [0.25, 0.3) is 0 Å². The van der Waals surface area contributed by atoms with Gasteiger partial charge >= 0.3 is 65.6 Å². The molecule has 0 saturated heterocycles. The minimum absolute atomic E-state index is 2.23. The van der Waals surface area contributed by atoms with Gasteiger partial charge in [-0.15, -0.1) is 0 Å². The molecule has 0 bridgehead atoms. The first-order valence-electron chi connectivity index (χ1n) is 8.26. The van der Waals surface area contributed by atoms with Gasteiger partial charge in [0.2, 0.25) is 0 Å². The third-order valence-corrected chi connectivity index (χ3v) is 4.09. The van der Waals surface area contributed by atoms with E-state index in [-0.39, 0.29) is 0 Å². The van der Waals surface area contributed by atoms with Crippen molar-refractivity contribution in [3.8, 4) is 0 Å². The summed E-state index contributed by atoms with van der Waals surface area (Å²) >= 11 is 0. The van der Waals surface area contributed by atoms with Gasteiger partial charge in [0.15, 0.2) is 12.4 Å². The van der Waals surface area contributed by atoms with Crippen LogP contribution < -0.4 is 0 Å². The molecule has 39 heavy (non-hydrogen) atoms. The standard InChI is InChI=1S/C14H4F22O3/c15-3(1-5(16,17)18)6(19,20)7(21,22)8(23,24)9(25,26)10(27,28)11(29,30)12(31,32)13(33,34)14(35,36)39-2-4(37)38/h1H,2H2,(H,37,38)/b3-1-. The molecule has 0 aromatic heterocycles. The maximum atomic E-state index is 13.6.